The monoisotopic (exact) mass is 292 g/mol. The first-order valence-corrected chi connectivity index (χ1v) is 8.54. The Hall–Kier alpha value is -1.83. The molecule has 0 bridgehead atoms. The van der Waals surface area contributed by atoms with Crippen LogP contribution in [0.5, 0.6) is 0 Å². The molecular weight excluding hydrogens is 268 g/mol. The molecular formula is C20H24N2. The summed E-state index contributed by atoms with van der Waals surface area (Å²) in [6, 6.07) is 13.6. The Morgan fingerprint density at radius 2 is 1.82 bits per heavy atom. The number of para-hydroxylation sites is 1. The molecule has 2 heterocycles. The average Bonchev–Trinajstić information content (AvgIpc) is 2.79. The van der Waals surface area contributed by atoms with E-state index >= 15 is 0 Å². The van der Waals surface area contributed by atoms with Gasteiger partial charge in [0.2, 0.25) is 0 Å². The lowest BCUT2D eigenvalue weighted by atomic mass is 9.67. The Morgan fingerprint density at radius 3 is 2.59 bits per heavy atom. The van der Waals surface area contributed by atoms with Crippen LogP contribution < -0.4 is 4.90 Å². The van der Waals surface area contributed by atoms with Crippen LogP contribution in [0.15, 0.2) is 42.6 Å². The minimum atomic E-state index is 0.296. The molecule has 1 atom stereocenters. The lowest BCUT2D eigenvalue weighted by molar-refractivity contribution is 0.268. The number of anilines is 2. The van der Waals surface area contributed by atoms with Gasteiger partial charge in [-0.1, -0.05) is 43.5 Å². The van der Waals surface area contributed by atoms with Crippen LogP contribution in [0.3, 0.4) is 0 Å². The molecule has 1 aliphatic heterocycles. The van der Waals surface area contributed by atoms with Crippen molar-refractivity contribution in [2.75, 3.05) is 4.90 Å². The van der Waals surface area contributed by atoms with Gasteiger partial charge in [0.25, 0.3) is 0 Å². The van der Waals surface area contributed by atoms with Crippen molar-refractivity contribution in [3.63, 3.8) is 0 Å². The first-order valence-electron chi connectivity index (χ1n) is 8.54. The number of aromatic nitrogens is 1. The Kier molecular flexibility index (Phi) is 3.21. The van der Waals surface area contributed by atoms with Crippen LogP contribution in [-0.4, -0.2) is 11.0 Å². The summed E-state index contributed by atoms with van der Waals surface area (Å²) >= 11 is 0. The van der Waals surface area contributed by atoms with Gasteiger partial charge in [0.1, 0.15) is 5.82 Å². The summed E-state index contributed by atoms with van der Waals surface area (Å²) in [5, 5.41) is 0. The minimum absolute atomic E-state index is 0.296. The maximum absolute atomic E-state index is 4.78. The first-order chi connectivity index (χ1) is 10.7. The van der Waals surface area contributed by atoms with E-state index in [4.69, 9.17) is 4.98 Å². The number of nitrogens with zero attached hydrogens (tertiary/aromatic N) is 2. The van der Waals surface area contributed by atoms with Crippen LogP contribution >= 0.6 is 0 Å². The zero-order valence-electron chi connectivity index (χ0n) is 13.5. The summed E-state index contributed by atoms with van der Waals surface area (Å²) in [5.41, 5.74) is 4.42. The van der Waals surface area contributed by atoms with Gasteiger partial charge in [-0.25, -0.2) is 4.98 Å². The van der Waals surface area contributed by atoms with Crippen molar-refractivity contribution < 1.29 is 0 Å². The molecule has 1 aromatic carbocycles. The summed E-state index contributed by atoms with van der Waals surface area (Å²) < 4.78 is 0. The molecule has 1 saturated carbocycles. The van der Waals surface area contributed by atoms with Gasteiger partial charge < -0.3 is 4.90 Å². The van der Waals surface area contributed by atoms with E-state index in [0.717, 1.165) is 0 Å². The quantitative estimate of drug-likeness (QED) is 0.724. The lowest BCUT2D eigenvalue weighted by Gasteiger charge is -2.40. The van der Waals surface area contributed by atoms with Crippen molar-refractivity contribution in [3.05, 3.63) is 53.7 Å². The van der Waals surface area contributed by atoms with Gasteiger partial charge >= 0.3 is 0 Å². The van der Waals surface area contributed by atoms with E-state index < -0.39 is 0 Å². The average molecular weight is 292 g/mol. The molecule has 22 heavy (non-hydrogen) atoms. The third-order valence-electron chi connectivity index (χ3n) is 5.86. The highest BCUT2D eigenvalue weighted by molar-refractivity contribution is 5.73. The van der Waals surface area contributed by atoms with Crippen LogP contribution in [0.1, 0.15) is 50.2 Å². The van der Waals surface area contributed by atoms with Gasteiger partial charge in [0, 0.05) is 28.9 Å². The van der Waals surface area contributed by atoms with E-state index in [-0.39, 0.29) is 0 Å². The van der Waals surface area contributed by atoms with E-state index in [1.54, 1.807) is 0 Å². The zero-order chi connectivity index (χ0) is 15.2. The molecule has 4 rings (SSSR count). The summed E-state index contributed by atoms with van der Waals surface area (Å²) in [6.07, 6.45) is 8.62. The molecule has 1 spiro atoms. The molecule has 0 radical (unpaired) electrons. The van der Waals surface area contributed by atoms with E-state index in [0.29, 0.717) is 11.5 Å². The number of fused-ring (bicyclic) bond motifs is 2. The van der Waals surface area contributed by atoms with Crippen LogP contribution in [0, 0.1) is 6.92 Å². The van der Waals surface area contributed by atoms with Crippen molar-refractivity contribution in [2.45, 2.75) is 57.4 Å². The fraction of sp³-hybridized carbons (Fsp3) is 0.450. The van der Waals surface area contributed by atoms with Gasteiger partial charge in [0.05, 0.1) is 0 Å². The fourth-order valence-corrected chi connectivity index (χ4v) is 4.66. The predicted octanol–water partition coefficient (Wildman–Crippen LogP) is 5.13. The van der Waals surface area contributed by atoms with Crippen molar-refractivity contribution in [1.29, 1.82) is 0 Å². The molecule has 114 valence electrons. The highest BCUT2D eigenvalue weighted by atomic mass is 15.3. The van der Waals surface area contributed by atoms with E-state index in [1.807, 2.05) is 6.20 Å². The van der Waals surface area contributed by atoms with Crippen LogP contribution in [-0.2, 0) is 5.41 Å². The van der Waals surface area contributed by atoms with Crippen LogP contribution in [0.25, 0.3) is 0 Å². The Morgan fingerprint density at radius 1 is 1.05 bits per heavy atom. The normalized spacial score (nSPS) is 22.8. The molecule has 1 aromatic heterocycles. The van der Waals surface area contributed by atoms with Gasteiger partial charge in [-0.2, -0.15) is 0 Å². The maximum atomic E-state index is 4.78. The second kappa shape index (κ2) is 5.12. The van der Waals surface area contributed by atoms with Gasteiger partial charge in [0.15, 0.2) is 0 Å². The van der Waals surface area contributed by atoms with Crippen molar-refractivity contribution in [2.24, 2.45) is 0 Å². The number of hydrogen-bond acceptors (Lipinski definition) is 2. The fourth-order valence-electron chi connectivity index (χ4n) is 4.66. The third-order valence-corrected chi connectivity index (χ3v) is 5.86. The second-order valence-corrected chi connectivity index (χ2v) is 6.92. The van der Waals surface area contributed by atoms with Crippen molar-refractivity contribution in [3.8, 4) is 0 Å². The molecule has 2 aliphatic rings. The number of rotatable bonds is 1. The molecule has 2 aromatic rings. The zero-order valence-corrected chi connectivity index (χ0v) is 13.5. The summed E-state index contributed by atoms with van der Waals surface area (Å²) in [5.74, 6) is 1.19. The lowest BCUT2D eigenvalue weighted by Crippen LogP contribution is -2.42. The number of aryl methyl sites for hydroxylation is 1. The van der Waals surface area contributed by atoms with Gasteiger partial charge in [-0.3, -0.25) is 0 Å². The van der Waals surface area contributed by atoms with E-state index in [1.165, 1.54) is 54.7 Å². The molecule has 0 N–H and O–H groups in total. The minimum Gasteiger partial charge on any atom is -0.322 e. The van der Waals surface area contributed by atoms with Gasteiger partial charge in [-0.05, 0) is 44.4 Å². The SMILES string of the molecule is Cc1ccccc1N1c2ncccc2C2(CCCCC2)[C@@H]1C. The molecule has 0 saturated heterocycles. The predicted molar refractivity (Wildman–Crippen MR) is 91.8 cm³/mol. The van der Waals surface area contributed by atoms with Crippen molar-refractivity contribution >= 4 is 11.5 Å². The summed E-state index contributed by atoms with van der Waals surface area (Å²) in [6.45, 7) is 4.61. The maximum Gasteiger partial charge on any atom is 0.137 e. The van der Waals surface area contributed by atoms with E-state index in [9.17, 15) is 0 Å². The van der Waals surface area contributed by atoms with Crippen LogP contribution in [0.2, 0.25) is 0 Å². The largest absolute Gasteiger partial charge is 0.322 e. The number of pyridine rings is 1. The molecule has 0 unspecified atom stereocenters. The first kappa shape index (κ1) is 13.8. The third kappa shape index (κ3) is 1.83. The molecule has 2 heteroatoms. The van der Waals surface area contributed by atoms with Gasteiger partial charge in [-0.15, -0.1) is 0 Å². The molecule has 1 aliphatic carbocycles. The molecule has 2 nitrogen and oxygen atoms in total. The highest BCUT2D eigenvalue weighted by Crippen LogP contribution is 2.54. The summed E-state index contributed by atoms with van der Waals surface area (Å²) in [7, 11) is 0. The highest BCUT2D eigenvalue weighted by Gasteiger charge is 2.50. The van der Waals surface area contributed by atoms with E-state index in [2.05, 4.69) is 55.1 Å². The smallest absolute Gasteiger partial charge is 0.137 e. The Labute approximate surface area is 133 Å². The number of benzene rings is 1. The number of hydrogen-bond donors (Lipinski definition) is 0. The van der Waals surface area contributed by atoms with Crippen LogP contribution in [0.4, 0.5) is 11.5 Å². The molecule has 1 fully saturated rings. The topological polar surface area (TPSA) is 16.1 Å². The summed E-state index contributed by atoms with van der Waals surface area (Å²) in [4.78, 5) is 7.28. The standard InChI is InChI=1S/C20H24N2/c1-15-9-4-5-11-18(15)22-16(2)20(12-6-3-7-13-20)17-10-8-14-21-19(17)22/h4-5,8-11,14,16H,3,6-7,12-13H2,1-2H3/t16-/m0/s1. The molecule has 0 amide bonds. The second-order valence-electron chi connectivity index (χ2n) is 6.92. The Bertz CT molecular complexity index is 686. The Balaban J connectivity index is 1.89. The van der Waals surface area contributed by atoms with Crippen molar-refractivity contribution in [1.82, 2.24) is 4.98 Å².